The van der Waals surface area contributed by atoms with E-state index in [0.29, 0.717) is 18.1 Å². The third-order valence-corrected chi connectivity index (χ3v) is 4.26. The number of hydrogen-bond acceptors (Lipinski definition) is 3. The fraction of sp³-hybridized carbons (Fsp3) is 0.278. The van der Waals surface area contributed by atoms with Crippen molar-refractivity contribution in [2.45, 2.75) is 32.0 Å². The van der Waals surface area contributed by atoms with Crippen LogP contribution in [0.15, 0.2) is 54.7 Å². The SMILES string of the molecule is CC(CC(O)c1ccccc1)NCc1c(Cl)nc2ccccn12. The highest BCUT2D eigenvalue weighted by Gasteiger charge is 2.14. The Kier molecular flexibility index (Phi) is 4.96. The van der Waals surface area contributed by atoms with Crippen LogP contribution in [0.4, 0.5) is 0 Å². The van der Waals surface area contributed by atoms with Crippen molar-refractivity contribution in [1.82, 2.24) is 14.7 Å². The molecular formula is C18H20ClN3O. The molecule has 23 heavy (non-hydrogen) atoms. The summed E-state index contributed by atoms with van der Waals surface area (Å²) in [6, 6.07) is 15.7. The number of rotatable bonds is 6. The molecule has 0 fully saturated rings. The molecular weight excluding hydrogens is 310 g/mol. The van der Waals surface area contributed by atoms with E-state index in [2.05, 4.69) is 17.2 Å². The van der Waals surface area contributed by atoms with Crippen LogP contribution in [0.25, 0.3) is 5.65 Å². The van der Waals surface area contributed by atoms with Crippen LogP contribution >= 0.6 is 11.6 Å². The number of benzene rings is 1. The standard InChI is InChI=1S/C18H20ClN3O/c1-13(11-16(23)14-7-3-2-4-8-14)20-12-15-18(19)21-17-9-5-6-10-22(15)17/h2-10,13,16,20,23H,11-12H2,1H3. The Labute approximate surface area is 140 Å². The highest BCUT2D eigenvalue weighted by molar-refractivity contribution is 6.30. The fourth-order valence-electron chi connectivity index (χ4n) is 2.68. The van der Waals surface area contributed by atoms with Crippen molar-refractivity contribution in [3.8, 4) is 0 Å². The summed E-state index contributed by atoms with van der Waals surface area (Å²) in [5, 5.41) is 14.2. The van der Waals surface area contributed by atoms with Gasteiger partial charge in [0.1, 0.15) is 5.65 Å². The summed E-state index contributed by atoms with van der Waals surface area (Å²) in [4.78, 5) is 4.34. The average Bonchev–Trinajstić information content (AvgIpc) is 2.89. The first-order valence-corrected chi connectivity index (χ1v) is 8.11. The molecule has 1 aromatic carbocycles. The Balaban J connectivity index is 1.62. The van der Waals surface area contributed by atoms with Gasteiger partial charge < -0.3 is 14.8 Å². The zero-order valence-electron chi connectivity index (χ0n) is 13.0. The highest BCUT2D eigenvalue weighted by Crippen LogP contribution is 2.20. The summed E-state index contributed by atoms with van der Waals surface area (Å²) >= 11 is 6.23. The average molecular weight is 330 g/mol. The van der Waals surface area contributed by atoms with E-state index in [1.807, 2.05) is 59.1 Å². The van der Waals surface area contributed by atoms with Crippen LogP contribution < -0.4 is 5.32 Å². The first-order valence-electron chi connectivity index (χ1n) is 7.73. The van der Waals surface area contributed by atoms with Crippen molar-refractivity contribution in [3.63, 3.8) is 0 Å². The minimum absolute atomic E-state index is 0.149. The molecule has 0 spiro atoms. The maximum atomic E-state index is 10.3. The molecule has 4 nitrogen and oxygen atoms in total. The maximum Gasteiger partial charge on any atom is 0.152 e. The predicted molar refractivity (Wildman–Crippen MR) is 92.5 cm³/mol. The topological polar surface area (TPSA) is 49.6 Å². The third kappa shape index (κ3) is 3.72. The number of aromatic nitrogens is 2. The minimum atomic E-state index is -0.476. The summed E-state index contributed by atoms with van der Waals surface area (Å²) in [6.07, 6.45) is 2.11. The molecule has 3 aromatic rings. The lowest BCUT2D eigenvalue weighted by atomic mass is 10.0. The third-order valence-electron chi connectivity index (χ3n) is 3.96. The Morgan fingerprint density at radius 2 is 1.91 bits per heavy atom. The van der Waals surface area contributed by atoms with Crippen LogP contribution in [0, 0.1) is 0 Å². The van der Waals surface area contributed by atoms with Gasteiger partial charge in [0.05, 0.1) is 11.8 Å². The lowest BCUT2D eigenvalue weighted by molar-refractivity contribution is 0.153. The van der Waals surface area contributed by atoms with Crippen molar-refractivity contribution >= 4 is 17.2 Å². The highest BCUT2D eigenvalue weighted by atomic mass is 35.5. The van der Waals surface area contributed by atoms with E-state index in [1.54, 1.807) is 0 Å². The second-order valence-corrected chi connectivity index (χ2v) is 6.08. The van der Waals surface area contributed by atoms with E-state index in [9.17, 15) is 5.11 Å². The van der Waals surface area contributed by atoms with Crippen molar-refractivity contribution in [2.75, 3.05) is 0 Å². The van der Waals surface area contributed by atoms with E-state index in [0.717, 1.165) is 16.9 Å². The normalized spacial score (nSPS) is 14.0. The number of hydrogen-bond donors (Lipinski definition) is 2. The molecule has 2 atom stereocenters. The van der Waals surface area contributed by atoms with Gasteiger partial charge in [-0.2, -0.15) is 0 Å². The van der Waals surface area contributed by atoms with Gasteiger partial charge in [-0.05, 0) is 31.0 Å². The Morgan fingerprint density at radius 3 is 2.70 bits per heavy atom. The van der Waals surface area contributed by atoms with E-state index in [-0.39, 0.29) is 6.04 Å². The number of aliphatic hydroxyl groups excluding tert-OH is 1. The Hall–Kier alpha value is -1.88. The molecule has 2 heterocycles. The summed E-state index contributed by atoms with van der Waals surface area (Å²) in [6.45, 7) is 2.66. The molecule has 120 valence electrons. The predicted octanol–water partition coefficient (Wildman–Crippen LogP) is 3.59. The molecule has 2 unspecified atom stereocenters. The second-order valence-electron chi connectivity index (χ2n) is 5.72. The molecule has 0 saturated carbocycles. The molecule has 3 rings (SSSR count). The van der Waals surface area contributed by atoms with E-state index < -0.39 is 6.10 Å². The van der Waals surface area contributed by atoms with Crippen molar-refractivity contribution in [2.24, 2.45) is 0 Å². The smallest absolute Gasteiger partial charge is 0.152 e. The molecule has 0 saturated heterocycles. The van der Waals surface area contributed by atoms with Gasteiger partial charge in [-0.25, -0.2) is 4.98 Å². The van der Waals surface area contributed by atoms with Crippen molar-refractivity contribution in [1.29, 1.82) is 0 Å². The zero-order valence-corrected chi connectivity index (χ0v) is 13.7. The number of pyridine rings is 1. The number of halogens is 1. The van der Waals surface area contributed by atoms with Gasteiger partial charge in [0.2, 0.25) is 0 Å². The molecule has 2 N–H and O–H groups in total. The number of nitrogens with zero attached hydrogens (tertiary/aromatic N) is 2. The van der Waals surface area contributed by atoms with Crippen LogP contribution in [-0.4, -0.2) is 20.5 Å². The van der Waals surface area contributed by atoms with Gasteiger partial charge in [-0.15, -0.1) is 0 Å². The summed E-state index contributed by atoms with van der Waals surface area (Å²) < 4.78 is 1.98. The van der Waals surface area contributed by atoms with Gasteiger partial charge in [-0.1, -0.05) is 48.0 Å². The summed E-state index contributed by atoms with van der Waals surface area (Å²) in [5.74, 6) is 0. The van der Waals surface area contributed by atoms with Gasteiger partial charge in [0, 0.05) is 18.8 Å². The molecule has 5 heteroatoms. The van der Waals surface area contributed by atoms with E-state index in [4.69, 9.17) is 11.6 Å². The van der Waals surface area contributed by atoms with Crippen LogP contribution in [0.5, 0.6) is 0 Å². The molecule has 0 aliphatic rings. The molecule has 0 amide bonds. The van der Waals surface area contributed by atoms with Crippen molar-refractivity contribution in [3.05, 3.63) is 71.1 Å². The van der Waals surface area contributed by atoms with Crippen LogP contribution in [0.2, 0.25) is 5.15 Å². The van der Waals surface area contributed by atoms with E-state index in [1.165, 1.54) is 0 Å². The number of nitrogens with one attached hydrogen (secondary N) is 1. The largest absolute Gasteiger partial charge is 0.388 e. The van der Waals surface area contributed by atoms with E-state index >= 15 is 0 Å². The Bertz CT molecular complexity index is 772. The van der Waals surface area contributed by atoms with Crippen molar-refractivity contribution < 1.29 is 5.11 Å². The maximum absolute atomic E-state index is 10.3. The van der Waals surface area contributed by atoms with Crippen LogP contribution in [0.1, 0.15) is 30.7 Å². The lowest BCUT2D eigenvalue weighted by Crippen LogP contribution is -2.28. The first kappa shape index (κ1) is 16.0. The first-order chi connectivity index (χ1) is 11.1. The molecule has 0 bridgehead atoms. The monoisotopic (exact) mass is 329 g/mol. The van der Waals surface area contributed by atoms with Crippen LogP contribution in [0.3, 0.4) is 0 Å². The molecule has 0 aliphatic carbocycles. The number of imidazole rings is 1. The van der Waals surface area contributed by atoms with Gasteiger partial charge in [0.25, 0.3) is 0 Å². The van der Waals surface area contributed by atoms with Crippen LogP contribution in [-0.2, 0) is 6.54 Å². The fourth-order valence-corrected chi connectivity index (χ4v) is 2.92. The summed E-state index contributed by atoms with van der Waals surface area (Å²) in [7, 11) is 0. The molecule has 2 aromatic heterocycles. The Morgan fingerprint density at radius 1 is 1.17 bits per heavy atom. The number of aliphatic hydroxyl groups is 1. The zero-order chi connectivity index (χ0) is 16.2. The number of fused-ring (bicyclic) bond motifs is 1. The summed E-state index contributed by atoms with van der Waals surface area (Å²) in [5.41, 5.74) is 2.71. The van der Waals surface area contributed by atoms with Gasteiger partial charge in [-0.3, -0.25) is 0 Å². The second kappa shape index (κ2) is 7.13. The quantitative estimate of drug-likeness (QED) is 0.726. The molecule has 0 aliphatic heterocycles. The molecule has 0 radical (unpaired) electrons. The van der Waals surface area contributed by atoms with Gasteiger partial charge >= 0.3 is 0 Å². The van der Waals surface area contributed by atoms with Gasteiger partial charge in [0.15, 0.2) is 5.15 Å². The minimum Gasteiger partial charge on any atom is -0.388 e. The lowest BCUT2D eigenvalue weighted by Gasteiger charge is -2.18.